The summed E-state index contributed by atoms with van der Waals surface area (Å²) < 4.78 is 10.3. The molecule has 0 radical (unpaired) electrons. The molecular weight excluding hydrogens is 528 g/mol. The number of fused-ring (bicyclic) bond motifs is 4. The number of methoxy groups -OCH3 is 1. The Hall–Kier alpha value is -4.44. The lowest BCUT2D eigenvalue weighted by Gasteiger charge is -2.27. The summed E-state index contributed by atoms with van der Waals surface area (Å²) in [4.78, 5) is 29.0. The SMILES string of the molecule is COc1cc(C(=O)N2C[C@H]3CC[C@@H]2[C@@H]3N)cc2nc(-c3cc4ccc(Nc5cncnc5)cc4n3CC3CC3)n(C)c12. The van der Waals surface area contributed by atoms with Crippen LogP contribution in [-0.2, 0) is 13.6 Å². The standard InChI is InChI=1S/C32H34N8O2/c1-38-30-24(9-21(11-28(30)42-2)32(41)40-16-20-6-8-25(40)29(20)33)37-31(38)27-10-19-5-7-22(36-23-13-34-17-35-14-23)12-26(19)39(27)15-18-3-4-18/h5,7,9-14,17-18,20,25,29,36H,3-4,6,8,15-16,33H2,1-2H3/t20-,25-,29-/m1/s1. The second kappa shape index (κ2) is 9.55. The van der Waals surface area contributed by atoms with Crippen molar-refractivity contribution < 1.29 is 9.53 Å². The molecule has 8 rings (SSSR count). The molecule has 3 aromatic heterocycles. The lowest BCUT2D eigenvalue weighted by Crippen LogP contribution is -2.41. The molecule has 2 aliphatic carbocycles. The number of rotatable bonds is 7. The molecule has 4 heterocycles. The van der Waals surface area contributed by atoms with Crippen molar-refractivity contribution in [3.8, 4) is 17.3 Å². The highest BCUT2D eigenvalue weighted by molar-refractivity contribution is 6.00. The number of aryl methyl sites for hydroxylation is 1. The van der Waals surface area contributed by atoms with Gasteiger partial charge in [0.15, 0.2) is 5.82 Å². The zero-order chi connectivity index (χ0) is 28.5. The average Bonchev–Trinajstić information content (AvgIpc) is 3.42. The number of nitrogens with zero attached hydrogens (tertiary/aromatic N) is 6. The van der Waals surface area contributed by atoms with E-state index < -0.39 is 0 Å². The van der Waals surface area contributed by atoms with Gasteiger partial charge in [-0.3, -0.25) is 4.79 Å². The van der Waals surface area contributed by atoms with E-state index >= 15 is 0 Å². The molecule has 3 fully saturated rings. The quantitative estimate of drug-likeness (QED) is 0.295. The van der Waals surface area contributed by atoms with E-state index in [1.165, 1.54) is 19.2 Å². The molecule has 3 aliphatic rings. The molecule has 10 heteroatoms. The molecule has 42 heavy (non-hydrogen) atoms. The van der Waals surface area contributed by atoms with Crippen molar-refractivity contribution in [3.63, 3.8) is 0 Å². The Morgan fingerprint density at radius 3 is 2.62 bits per heavy atom. The number of likely N-dealkylation sites (tertiary alicyclic amines) is 1. The molecule has 1 aliphatic heterocycles. The number of hydrogen-bond donors (Lipinski definition) is 2. The normalized spacial score (nSPS) is 21.5. The Bertz CT molecular complexity index is 1840. The van der Waals surface area contributed by atoms with E-state index in [2.05, 4.69) is 48.7 Å². The molecule has 2 aromatic carbocycles. The molecule has 10 nitrogen and oxygen atoms in total. The van der Waals surface area contributed by atoms with E-state index in [0.29, 0.717) is 23.1 Å². The second-order valence-electron chi connectivity index (χ2n) is 12.1. The first-order valence-corrected chi connectivity index (χ1v) is 14.7. The number of carbonyl (C=O) groups is 1. The molecular formula is C32H34N8O2. The van der Waals surface area contributed by atoms with Crippen LogP contribution in [-0.4, -0.2) is 60.6 Å². The van der Waals surface area contributed by atoms with E-state index in [1.54, 1.807) is 19.5 Å². The number of aromatic nitrogens is 5. The van der Waals surface area contributed by atoms with E-state index in [0.717, 1.165) is 70.8 Å². The summed E-state index contributed by atoms with van der Waals surface area (Å²) in [5.41, 5.74) is 12.6. The number of amides is 1. The molecule has 2 bridgehead atoms. The van der Waals surface area contributed by atoms with Gasteiger partial charge in [0.25, 0.3) is 5.91 Å². The number of piperidine rings is 1. The van der Waals surface area contributed by atoms with Crippen LogP contribution in [0.5, 0.6) is 5.75 Å². The van der Waals surface area contributed by atoms with E-state index in [-0.39, 0.29) is 18.0 Å². The molecule has 5 aromatic rings. The van der Waals surface area contributed by atoms with Crippen LogP contribution >= 0.6 is 0 Å². The number of hydrogen-bond acceptors (Lipinski definition) is 7. The number of nitrogens with one attached hydrogen (secondary N) is 1. The molecule has 1 amide bonds. The van der Waals surface area contributed by atoms with Crippen LogP contribution in [0.25, 0.3) is 33.5 Å². The van der Waals surface area contributed by atoms with Gasteiger partial charge in [-0.15, -0.1) is 0 Å². The number of benzene rings is 2. The van der Waals surface area contributed by atoms with Gasteiger partial charge in [0.05, 0.1) is 41.9 Å². The Morgan fingerprint density at radius 2 is 1.90 bits per heavy atom. The minimum Gasteiger partial charge on any atom is -0.494 e. The third-order valence-electron chi connectivity index (χ3n) is 9.44. The fraction of sp³-hybridized carbons (Fsp3) is 0.375. The maximum Gasteiger partial charge on any atom is 0.254 e. The van der Waals surface area contributed by atoms with Crippen molar-refractivity contribution in [2.75, 3.05) is 19.0 Å². The summed E-state index contributed by atoms with van der Waals surface area (Å²) in [5.74, 6) is 2.56. The van der Waals surface area contributed by atoms with Gasteiger partial charge in [0, 0.05) is 48.9 Å². The number of carbonyl (C=O) groups excluding carboxylic acids is 1. The highest BCUT2D eigenvalue weighted by atomic mass is 16.5. The summed E-state index contributed by atoms with van der Waals surface area (Å²) in [6, 6.07) is 12.6. The molecule has 1 saturated heterocycles. The number of nitrogens with two attached hydrogens (primary N) is 1. The molecule has 2 saturated carbocycles. The van der Waals surface area contributed by atoms with Crippen molar-refractivity contribution >= 4 is 39.2 Å². The van der Waals surface area contributed by atoms with Crippen molar-refractivity contribution in [2.45, 2.75) is 44.3 Å². The average molecular weight is 563 g/mol. The third kappa shape index (κ3) is 4.04. The topological polar surface area (TPSA) is 116 Å². The zero-order valence-corrected chi connectivity index (χ0v) is 23.8. The lowest BCUT2D eigenvalue weighted by molar-refractivity contribution is 0.0700. The predicted molar refractivity (Wildman–Crippen MR) is 162 cm³/mol. The van der Waals surface area contributed by atoms with Crippen LogP contribution in [0, 0.1) is 11.8 Å². The molecule has 3 N–H and O–H groups in total. The van der Waals surface area contributed by atoms with Gasteiger partial charge in [-0.2, -0.15) is 0 Å². The maximum absolute atomic E-state index is 13.7. The fourth-order valence-electron chi connectivity index (χ4n) is 7.07. The number of anilines is 2. The van der Waals surface area contributed by atoms with E-state index in [4.69, 9.17) is 15.5 Å². The van der Waals surface area contributed by atoms with Gasteiger partial charge in [-0.05, 0) is 67.9 Å². The number of imidazole rings is 1. The number of ether oxygens (including phenoxy) is 1. The predicted octanol–water partition coefficient (Wildman–Crippen LogP) is 4.71. The summed E-state index contributed by atoms with van der Waals surface area (Å²) in [6.07, 6.45) is 9.62. The van der Waals surface area contributed by atoms with E-state index in [1.807, 2.05) is 24.1 Å². The summed E-state index contributed by atoms with van der Waals surface area (Å²) >= 11 is 0. The van der Waals surface area contributed by atoms with Gasteiger partial charge >= 0.3 is 0 Å². The molecule has 0 unspecified atom stereocenters. The van der Waals surface area contributed by atoms with Crippen LogP contribution in [0.15, 0.2) is 55.1 Å². The van der Waals surface area contributed by atoms with Gasteiger partial charge < -0.3 is 29.8 Å². The van der Waals surface area contributed by atoms with Gasteiger partial charge in [0.1, 0.15) is 17.6 Å². The van der Waals surface area contributed by atoms with Crippen LogP contribution in [0.2, 0.25) is 0 Å². The van der Waals surface area contributed by atoms with Gasteiger partial charge in [-0.25, -0.2) is 15.0 Å². The largest absolute Gasteiger partial charge is 0.494 e. The van der Waals surface area contributed by atoms with Crippen molar-refractivity contribution in [2.24, 2.45) is 24.6 Å². The Labute approximate surface area is 243 Å². The molecule has 0 spiro atoms. The Balaban J connectivity index is 1.21. The molecule has 214 valence electrons. The van der Waals surface area contributed by atoms with Crippen LogP contribution in [0.3, 0.4) is 0 Å². The van der Waals surface area contributed by atoms with Crippen molar-refractivity contribution in [1.29, 1.82) is 0 Å². The van der Waals surface area contributed by atoms with E-state index in [9.17, 15) is 4.79 Å². The monoisotopic (exact) mass is 562 g/mol. The third-order valence-corrected chi connectivity index (χ3v) is 9.44. The Morgan fingerprint density at radius 1 is 1.07 bits per heavy atom. The van der Waals surface area contributed by atoms with Crippen molar-refractivity contribution in [1.82, 2.24) is 29.0 Å². The summed E-state index contributed by atoms with van der Waals surface area (Å²) in [7, 11) is 3.68. The highest BCUT2D eigenvalue weighted by Gasteiger charge is 2.47. The van der Waals surface area contributed by atoms with Crippen LogP contribution in [0.4, 0.5) is 11.4 Å². The second-order valence-corrected chi connectivity index (χ2v) is 12.1. The summed E-state index contributed by atoms with van der Waals surface area (Å²) in [6.45, 7) is 1.66. The van der Waals surface area contributed by atoms with Crippen LogP contribution in [0.1, 0.15) is 36.0 Å². The molecule has 3 atom stereocenters. The van der Waals surface area contributed by atoms with Crippen LogP contribution < -0.4 is 15.8 Å². The first-order chi connectivity index (χ1) is 20.5. The smallest absolute Gasteiger partial charge is 0.254 e. The first kappa shape index (κ1) is 25.3. The minimum atomic E-state index is 0.0109. The van der Waals surface area contributed by atoms with Crippen molar-refractivity contribution in [3.05, 3.63) is 60.7 Å². The highest BCUT2D eigenvalue weighted by Crippen LogP contribution is 2.40. The van der Waals surface area contributed by atoms with Gasteiger partial charge in [0.2, 0.25) is 0 Å². The maximum atomic E-state index is 13.7. The zero-order valence-electron chi connectivity index (χ0n) is 23.8. The fourth-order valence-corrected chi connectivity index (χ4v) is 7.07. The van der Waals surface area contributed by atoms with Gasteiger partial charge in [-0.1, -0.05) is 6.07 Å². The first-order valence-electron chi connectivity index (χ1n) is 14.7. The summed E-state index contributed by atoms with van der Waals surface area (Å²) in [5, 5.41) is 4.57. The minimum absolute atomic E-state index is 0.0109. The lowest BCUT2D eigenvalue weighted by atomic mass is 10.1. The Kier molecular flexibility index (Phi) is 5.75.